The lowest BCUT2D eigenvalue weighted by Gasteiger charge is -2.36. The quantitative estimate of drug-likeness (QED) is 0.231. The van der Waals surface area contributed by atoms with Crippen LogP contribution >= 0.6 is 12.2 Å². The van der Waals surface area contributed by atoms with Gasteiger partial charge in [0, 0.05) is 44.1 Å². The second kappa shape index (κ2) is 15.0. The number of ether oxygens (including phenoxy) is 2. The van der Waals surface area contributed by atoms with E-state index in [0.29, 0.717) is 34.3 Å². The fraction of sp³-hybridized carbons (Fsp3) is 0.353. The van der Waals surface area contributed by atoms with Crippen LogP contribution in [0.4, 0.5) is 17.1 Å². The van der Waals surface area contributed by atoms with Crippen molar-refractivity contribution in [2.75, 3.05) is 68.1 Å². The van der Waals surface area contributed by atoms with E-state index >= 15 is 0 Å². The fourth-order valence-electron chi connectivity index (χ4n) is 5.68. The van der Waals surface area contributed by atoms with E-state index < -0.39 is 12.0 Å². The highest BCUT2D eigenvalue weighted by molar-refractivity contribution is 7.80. The Morgan fingerprint density at radius 2 is 1.58 bits per heavy atom. The fourth-order valence-corrected chi connectivity index (χ4v) is 6.10. The van der Waals surface area contributed by atoms with E-state index in [1.807, 2.05) is 11.0 Å². The molecule has 0 saturated carbocycles. The van der Waals surface area contributed by atoms with Crippen LogP contribution in [0.5, 0.6) is 5.75 Å². The van der Waals surface area contributed by atoms with Crippen molar-refractivity contribution in [2.45, 2.75) is 25.8 Å². The lowest BCUT2D eigenvalue weighted by atomic mass is 10.1. The maximum atomic E-state index is 13.8. The number of carbonyl (C=O) groups excluding carboxylic acids is 3. The number of methoxy groups -OCH3 is 1. The maximum absolute atomic E-state index is 13.8. The second-order valence-electron chi connectivity index (χ2n) is 10.9. The molecule has 0 radical (unpaired) electrons. The maximum Gasteiger partial charge on any atom is 0.338 e. The Morgan fingerprint density at radius 3 is 2.22 bits per heavy atom. The molecule has 45 heavy (non-hydrogen) atoms. The number of nitrogens with zero attached hydrogens (tertiary/aromatic N) is 4. The summed E-state index contributed by atoms with van der Waals surface area (Å²) in [5.41, 5.74) is 2.78. The number of benzene rings is 3. The molecule has 236 valence electrons. The number of hydrogen-bond donors (Lipinski definition) is 1. The van der Waals surface area contributed by atoms with Gasteiger partial charge in [0.2, 0.25) is 5.91 Å². The van der Waals surface area contributed by atoms with Crippen LogP contribution in [0.3, 0.4) is 0 Å². The van der Waals surface area contributed by atoms with E-state index in [4.69, 9.17) is 21.7 Å². The number of para-hydroxylation sites is 1. The molecule has 2 aliphatic rings. The minimum atomic E-state index is -0.754. The van der Waals surface area contributed by atoms with Crippen LogP contribution in [-0.2, 0) is 14.3 Å². The third-order valence-electron chi connectivity index (χ3n) is 8.07. The second-order valence-corrected chi connectivity index (χ2v) is 11.3. The molecule has 0 spiro atoms. The summed E-state index contributed by atoms with van der Waals surface area (Å²) in [6.07, 6.45) is 0.725. The van der Waals surface area contributed by atoms with Crippen LogP contribution in [0.15, 0.2) is 78.9 Å². The highest BCUT2D eigenvalue weighted by Crippen LogP contribution is 2.28. The summed E-state index contributed by atoms with van der Waals surface area (Å²) in [6, 6.07) is 23.3. The lowest BCUT2D eigenvalue weighted by molar-refractivity contribution is -0.124. The zero-order valence-corrected chi connectivity index (χ0v) is 26.5. The van der Waals surface area contributed by atoms with Crippen molar-refractivity contribution in [2.24, 2.45) is 0 Å². The van der Waals surface area contributed by atoms with Crippen molar-refractivity contribution in [1.82, 2.24) is 9.80 Å². The van der Waals surface area contributed by atoms with Crippen LogP contribution in [0.25, 0.3) is 0 Å². The van der Waals surface area contributed by atoms with E-state index in [-0.39, 0.29) is 24.8 Å². The van der Waals surface area contributed by atoms with Crippen molar-refractivity contribution in [3.05, 3.63) is 84.4 Å². The Labute approximate surface area is 269 Å². The number of rotatable bonds is 12. The topological polar surface area (TPSA) is 94.7 Å². The standard InChI is InChI=1S/C34H39N5O5S/c1-3-44-33(42)25-10-14-28(15-11-25)39-32(41)30(24-31(40)35-26-12-16-29(43-2)17-13-26)38(34(39)45)19-7-18-36-20-22-37(23-21-36)27-8-5-4-6-9-27/h4-6,8-17,30H,3,7,18-24H2,1-2H3,(H,35,40)/t30-/m0/s1. The number of piperazine rings is 1. The van der Waals surface area contributed by atoms with Gasteiger partial charge in [-0.3, -0.25) is 19.4 Å². The molecule has 11 heteroatoms. The number of amides is 2. The molecule has 2 saturated heterocycles. The highest BCUT2D eigenvalue weighted by atomic mass is 32.1. The Balaban J connectivity index is 1.25. The number of anilines is 3. The molecule has 0 unspecified atom stereocenters. The lowest BCUT2D eigenvalue weighted by Crippen LogP contribution is -2.47. The SMILES string of the molecule is CCOC(=O)c1ccc(N2C(=O)[C@H](CC(=O)Nc3ccc(OC)cc3)N(CCCN3CCN(c4ccccc4)CC3)C2=S)cc1. The average Bonchev–Trinajstić information content (AvgIpc) is 3.29. The van der Waals surface area contributed by atoms with Crippen molar-refractivity contribution in [1.29, 1.82) is 0 Å². The molecule has 5 rings (SSSR count). The van der Waals surface area contributed by atoms with Gasteiger partial charge in [0.25, 0.3) is 5.91 Å². The van der Waals surface area contributed by atoms with Gasteiger partial charge >= 0.3 is 5.97 Å². The first-order chi connectivity index (χ1) is 21.9. The molecular weight excluding hydrogens is 590 g/mol. The minimum Gasteiger partial charge on any atom is -0.497 e. The Hall–Kier alpha value is -4.48. The van der Waals surface area contributed by atoms with Gasteiger partial charge in [0.1, 0.15) is 11.8 Å². The molecule has 2 amide bonds. The highest BCUT2D eigenvalue weighted by Gasteiger charge is 2.44. The van der Waals surface area contributed by atoms with Gasteiger partial charge in [-0.25, -0.2) is 4.79 Å². The molecule has 1 atom stereocenters. The van der Waals surface area contributed by atoms with Crippen molar-refractivity contribution in [3.8, 4) is 5.75 Å². The summed E-state index contributed by atoms with van der Waals surface area (Å²) >= 11 is 5.85. The molecule has 0 aromatic heterocycles. The zero-order chi connectivity index (χ0) is 31.8. The van der Waals surface area contributed by atoms with Gasteiger partial charge in [0.15, 0.2) is 5.11 Å². The van der Waals surface area contributed by atoms with Crippen LogP contribution in [0.2, 0.25) is 0 Å². The van der Waals surface area contributed by atoms with Gasteiger partial charge in [-0.2, -0.15) is 0 Å². The third kappa shape index (κ3) is 7.79. The summed E-state index contributed by atoms with van der Waals surface area (Å²) in [4.78, 5) is 47.3. The number of nitrogens with one attached hydrogen (secondary N) is 1. The summed E-state index contributed by atoms with van der Waals surface area (Å²) in [5.74, 6) is -0.312. The Bertz CT molecular complexity index is 1480. The van der Waals surface area contributed by atoms with Crippen molar-refractivity contribution < 1.29 is 23.9 Å². The smallest absolute Gasteiger partial charge is 0.338 e. The Kier molecular flexibility index (Phi) is 10.6. The molecule has 0 aliphatic carbocycles. The van der Waals surface area contributed by atoms with Crippen molar-refractivity contribution >= 4 is 52.2 Å². The number of esters is 1. The van der Waals surface area contributed by atoms with E-state index in [2.05, 4.69) is 39.4 Å². The molecule has 2 aliphatic heterocycles. The summed E-state index contributed by atoms with van der Waals surface area (Å²) < 4.78 is 10.3. The number of thiocarbonyl (C=S) groups is 1. The van der Waals surface area contributed by atoms with Gasteiger partial charge < -0.3 is 24.6 Å². The number of carbonyl (C=O) groups is 3. The molecule has 1 N–H and O–H groups in total. The van der Waals surface area contributed by atoms with Gasteiger partial charge in [-0.05, 0) is 92.8 Å². The third-order valence-corrected chi connectivity index (χ3v) is 8.49. The summed E-state index contributed by atoms with van der Waals surface area (Å²) in [5, 5.41) is 3.24. The van der Waals surface area contributed by atoms with Crippen LogP contribution in [0.1, 0.15) is 30.1 Å². The van der Waals surface area contributed by atoms with E-state index in [1.54, 1.807) is 62.6 Å². The van der Waals surface area contributed by atoms with Crippen LogP contribution in [0, 0.1) is 0 Å². The summed E-state index contributed by atoms with van der Waals surface area (Å²) in [7, 11) is 1.58. The predicted octanol–water partition coefficient (Wildman–Crippen LogP) is 4.42. The van der Waals surface area contributed by atoms with Gasteiger partial charge in [0.05, 0.1) is 31.4 Å². The normalized spacial score (nSPS) is 17.0. The Morgan fingerprint density at radius 1 is 0.889 bits per heavy atom. The molecule has 2 fully saturated rings. The first-order valence-corrected chi connectivity index (χ1v) is 15.7. The van der Waals surface area contributed by atoms with Gasteiger partial charge in [-0.1, -0.05) is 18.2 Å². The molecule has 10 nitrogen and oxygen atoms in total. The molecule has 3 aromatic rings. The predicted molar refractivity (Wildman–Crippen MR) is 179 cm³/mol. The first kappa shape index (κ1) is 31.9. The van der Waals surface area contributed by atoms with Crippen molar-refractivity contribution in [3.63, 3.8) is 0 Å². The van der Waals surface area contributed by atoms with E-state index in [0.717, 1.165) is 39.1 Å². The average molecular weight is 630 g/mol. The monoisotopic (exact) mass is 629 g/mol. The molecule has 3 aromatic carbocycles. The first-order valence-electron chi connectivity index (χ1n) is 15.3. The minimum absolute atomic E-state index is 0.0574. The molecule has 2 heterocycles. The molecular formula is C34H39N5O5S. The largest absolute Gasteiger partial charge is 0.497 e. The summed E-state index contributed by atoms with van der Waals surface area (Å²) in [6.45, 7) is 7.21. The van der Waals surface area contributed by atoms with Crippen LogP contribution < -0.4 is 19.9 Å². The van der Waals surface area contributed by atoms with E-state index in [1.165, 1.54) is 10.6 Å². The van der Waals surface area contributed by atoms with Crippen LogP contribution in [-0.4, -0.2) is 91.7 Å². The van der Waals surface area contributed by atoms with E-state index in [9.17, 15) is 14.4 Å². The zero-order valence-electron chi connectivity index (χ0n) is 25.7. The van der Waals surface area contributed by atoms with Gasteiger partial charge in [-0.15, -0.1) is 0 Å². The number of hydrogen-bond acceptors (Lipinski definition) is 8. The molecule has 0 bridgehead atoms.